The van der Waals surface area contributed by atoms with E-state index in [1.165, 1.54) is 6.39 Å². The molecule has 0 saturated carbocycles. The van der Waals surface area contributed by atoms with Crippen molar-refractivity contribution in [2.75, 3.05) is 12.9 Å². The summed E-state index contributed by atoms with van der Waals surface area (Å²) in [6, 6.07) is 9.41. The standard InChI is InChI=1S/C12H13NO4S/c1-18(14,15)17-8-11(12-7-13-9-16-12)10-5-3-2-4-6-10/h2-7,9,11H,8H2,1H3. The van der Waals surface area contributed by atoms with Crippen LogP contribution >= 0.6 is 0 Å². The summed E-state index contributed by atoms with van der Waals surface area (Å²) in [5, 5.41) is 0. The Hall–Kier alpha value is -1.66. The first-order valence-electron chi connectivity index (χ1n) is 5.34. The van der Waals surface area contributed by atoms with E-state index in [2.05, 4.69) is 4.98 Å². The van der Waals surface area contributed by atoms with Crippen molar-refractivity contribution in [2.24, 2.45) is 0 Å². The third-order valence-electron chi connectivity index (χ3n) is 2.45. The fraction of sp³-hybridized carbons (Fsp3) is 0.250. The van der Waals surface area contributed by atoms with E-state index < -0.39 is 10.1 Å². The van der Waals surface area contributed by atoms with Crippen molar-refractivity contribution in [3.8, 4) is 0 Å². The molecule has 5 nitrogen and oxygen atoms in total. The predicted molar refractivity (Wildman–Crippen MR) is 65.6 cm³/mol. The fourth-order valence-electron chi connectivity index (χ4n) is 1.62. The summed E-state index contributed by atoms with van der Waals surface area (Å²) >= 11 is 0. The number of benzene rings is 1. The maximum absolute atomic E-state index is 11.1. The largest absolute Gasteiger partial charge is 0.448 e. The van der Waals surface area contributed by atoms with Crippen LogP contribution in [0.1, 0.15) is 17.2 Å². The number of nitrogens with zero attached hydrogens (tertiary/aromatic N) is 1. The van der Waals surface area contributed by atoms with Crippen molar-refractivity contribution in [1.82, 2.24) is 4.98 Å². The lowest BCUT2D eigenvalue weighted by molar-refractivity contribution is 0.293. The molecule has 1 unspecified atom stereocenters. The lowest BCUT2D eigenvalue weighted by Crippen LogP contribution is -2.13. The van der Waals surface area contributed by atoms with Gasteiger partial charge in [0.1, 0.15) is 5.76 Å². The van der Waals surface area contributed by atoms with Crippen LogP contribution in [0.15, 0.2) is 47.3 Å². The van der Waals surface area contributed by atoms with Gasteiger partial charge in [-0.15, -0.1) is 0 Å². The van der Waals surface area contributed by atoms with Gasteiger partial charge in [-0.2, -0.15) is 8.42 Å². The second-order valence-electron chi connectivity index (χ2n) is 3.86. The van der Waals surface area contributed by atoms with E-state index in [1.54, 1.807) is 6.20 Å². The van der Waals surface area contributed by atoms with Gasteiger partial charge in [-0.05, 0) is 5.56 Å². The Kier molecular flexibility index (Phi) is 3.78. The van der Waals surface area contributed by atoms with E-state index in [0.29, 0.717) is 5.76 Å². The van der Waals surface area contributed by atoms with Crippen LogP contribution in [0, 0.1) is 0 Å². The van der Waals surface area contributed by atoms with Gasteiger partial charge in [0.15, 0.2) is 6.39 Å². The smallest absolute Gasteiger partial charge is 0.264 e. The van der Waals surface area contributed by atoms with Crippen LogP contribution in [0.4, 0.5) is 0 Å². The molecule has 0 aliphatic rings. The molecule has 1 aromatic carbocycles. The van der Waals surface area contributed by atoms with E-state index in [1.807, 2.05) is 30.3 Å². The number of oxazole rings is 1. The summed E-state index contributed by atoms with van der Waals surface area (Å²) < 4.78 is 32.2. The van der Waals surface area contributed by atoms with Crippen LogP contribution in [0.5, 0.6) is 0 Å². The molecule has 0 bridgehead atoms. The van der Waals surface area contributed by atoms with Gasteiger partial charge in [0.05, 0.1) is 25.0 Å². The third-order valence-corrected chi connectivity index (χ3v) is 3.01. The van der Waals surface area contributed by atoms with Crippen LogP contribution in [0.25, 0.3) is 0 Å². The Morgan fingerprint density at radius 2 is 2.06 bits per heavy atom. The van der Waals surface area contributed by atoms with Gasteiger partial charge in [-0.1, -0.05) is 30.3 Å². The molecular weight excluding hydrogens is 254 g/mol. The monoisotopic (exact) mass is 267 g/mol. The number of aromatic nitrogens is 1. The number of hydrogen-bond donors (Lipinski definition) is 0. The molecule has 0 saturated heterocycles. The van der Waals surface area contributed by atoms with Crippen molar-refractivity contribution < 1.29 is 17.0 Å². The van der Waals surface area contributed by atoms with Crippen molar-refractivity contribution in [3.05, 3.63) is 54.2 Å². The molecule has 0 aliphatic carbocycles. The Labute approximate surface area is 106 Å². The molecule has 2 aromatic rings. The summed E-state index contributed by atoms with van der Waals surface area (Å²) in [4.78, 5) is 3.84. The van der Waals surface area contributed by atoms with Crippen LogP contribution < -0.4 is 0 Å². The zero-order valence-electron chi connectivity index (χ0n) is 9.81. The molecule has 0 fully saturated rings. The maximum atomic E-state index is 11.1. The third kappa shape index (κ3) is 3.41. The highest BCUT2D eigenvalue weighted by atomic mass is 32.2. The van der Waals surface area contributed by atoms with Crippen molar-refractivity contribution in [3.63, 3.8) is 0 Å². The van der Waals surface area contributed by atoms with Gasteiger partial charge in [-0.3, -0.25) is 4.18 Å². The van der Waals surface area contributed by atoms with Crippen molar-refractivity contribution in [2.45, 2.75) is 5.92 Å². The van der Waals surface area contributed by atoms with E-state index in [0.717, 1.165) is 11.8 Å². The highest BCUT2D eigenvalue weighted by Gasteiger charge is 2.19. The highest BCUT2D eigenvalue weighted by molar-refractivity contribution is 7.85. The van der Waals surface area contributed by atoms with E-state index >= 15 is 0 Å². The summed E-state index contributed by atoms with van der Waals surface area (Å²) in [6.45, 7) is -0.00194. The van der Waals surface area contributed by atoms with Crippen LogP contribution in [0.2, 0.25) is 0 Å². The molecule has 0 spiro atoms. The first-order valence-corrected chi connectivity index (χ1v) is 7.15. The van der Waals surface area contributed by atoms with E-state index in [4.69, 9.17) is 8.60 Å². The van der Waals surface area contributed by atoms with Gasteiger partial charge in [0.25, 0.3) is 10.1 Å². The summed E-state index contributed by atoms with van der Waals surface area (Å²) in [5.41, 5.74) is 0.915. The van der Waals surface area contributed by atoms with Gasteiger partial charge < -0.3 is 4.42 Å². The molecule has 1 atom stereocenters. The lowest BCUT2D eigenvalue weighted by atomic mass is 9.98. The molecule has 0 amide bonds. The normalized spacial score (nSPS) is 13.4. The topological polar surface area (TPSA) is 69.4 Å². The highest BCUT2D eigenvalue weighted by Crippen LogP contribution is 2.24. The predicted octanol–water partition coefficient (Wildman–Crippen LogP) is 1.78. The van der Waals surface area contributed by atoms with Crippen LogP contribution in [-0.4, -0.2) is 26.3 Å². The molecule has 1 aromatic heterocycles. The van der Waals surface area contributed by atoms with Crippen LogP contribution in [-0.2, 0) is 14.3 Å². The molecule has 18 heavy (non-hydrogen) atoms. The van der Waals surface area contributed by atoms with E-state index in [9.17, 15) is 8.42 Å². The SMILES string of the molecule is CS(=O)(=O)OCC(c1ccccc1)c1cnco1. The quantitative estimate of drug-likeness (QED) is 0.772. The lowest BCUT2D eigenvalue weighted by Gasteiger charge is -2.13. The molecule has 0 N–H and O–H groups in total. The van der Waals surface area contributed by atoms with Gasteiger partial charge in [0.2, 0.25) is 0 Å². The van der Waals surface area contributed by atoms with E-state index in [-0.39, 0.29) is 12.5 Å². The minimum absolute atomic E-state index is 0.00194. The Bertz CT molecular complexity index is 578. The minimum atomic E-state index is -3.48. The Morgan fingerprint density at radius 3 is 2.61 bits per heavy atom. The molecular formula is C12H13NO4S. The zero-order valence-corrected chi connectivity index (χ0v) is 10.6. The summed E-state index contributed by atoms with van der Waals surface area (Å²) in [7, 11) is -3.48. The molecule has 1 heterocycles. The first-order chi connectivity index (χ1) is 8.56. The Balaban J connectivity index is 2.25. The van der Waals surface area contributed by atoms with Gasteiger partial charge in [0, 0.05) is 0 Å². The maximum Gasteiger partial charge on any atom is 0.264 e. The molecule has 2 rings (SSSR count). The van der Waals surface area contributed by atoms with Gasteiger partial charge in [-0.25, -0.2) is 4.98 Å². The van der Waals surface area contributed by atoms with Crippen LogP contribution in [0.3, 0.4) is 0 Å². The fourth-order valence-corrected chi connectivity index (χ4v) is 2.00. The first kappa shape index (κ1) is 12.8. The Morgan fingerprint density at radius 1 is 1.33 bits per heavy atom. The molecule has 0 radical (unpaired) electrons. The average Bonchev–Trinajstić information content (AvgIpc) is 2.83. The summed E-state index contributed by atoms with van der Waals surface area (Å²) in [5.74, 6) is 0.285. The summed E-state index contributed by atoms with van der Waals surface area (Å²) in [6.07, 6.45) is 3.89. The second kappa shape index (κ2) is 5.32. The second-order valence-corrected chi connectivity index (χ2v) is 5.50. The number of hydrogen-bond acceptors (Lipinski definition) is 5. The minimum Gasteiger partial charge on any atom is -0.448 e. The molecule has 96 valence electrons. The zero-order chi connectivity index (χ0) is 13.0. The molecule has 0 aliphatic heterocycles. The van der Waals surface area contributed by atoms with Crippen molar-refractivity contribution >= 4 is 10.1 Å². The number of rotatable bonds is 5. The van der Waals surface area contributed by atoms with Crippen molar-refractivity contribution in [1.29, 1.82) is 0 Å². The van der Waals surface area contributed by atoms with Gasteiger partial charge >= 0.3 is 0 Å². The average molecular weight is 267 g/mol. The molecule has 6 heteroatoms.